The van der Waals surface area contributed by atoms with Crippen LogP contribution in [0.5, 0.6) is 0 Å². The van der Waals surface area contributed by atoms with E-state index in [0.29, 0.717) is 24.9 Å². The summed E-state index contributed by atoms with van der Waals surface area (Å²) in [6.07, 6.45) is -3.73. The van der Waals surface area contributed by atoms with Crippen molar-refractivity contribution in [2.45, 2.75) is 31.9 Å². The number of nitrogens with zero attached hydrogens (tertiary/aromatic N) is 1. The number of carbonyl (C=O) groups is 2. The van der Waals surface area contributed by atoms with E-state index in [1.807, 2.05) is 0 Å². The number of amides is 1. The number of halogens is 3. The molecule has 2 atom stereocenters. The normalized spacial score (nSPS) is 19.7. The fourth-order valence-corrected chi connectivity index (χ4v) is 2.87. The van der Waals surface area contributed by atoms with E-state index in [1.165, 1.54) is 17.0 Å². The van der Waals surface area contributed by atoms with Gasteiger partial charge in [0.2, 0.25) is 5.91 Å². The first-order valence-electron chi connectivity index (χ1n) is 7.42. The van der Waals surface area contributed by atoms with E-state index in [4.69, 9.17) is 5.11 Å². The van der Waals surface area contributed by atoms with Crippen LogP contribution in [0.25, 0.3) is 0 Å². The van der Waals surface area contributed by atoms with Crippen LogP contribution in [-0.2, 0) is 15.8 Å². The highest BCUT2D eigenvalue weighted by Crippen LogP contribution is 2.33. The molecule has 7 heteroatoms. The maximum absolute atomic E-state index is 12.8. The van der Waals surface area contributed by atoms with E-state index in [0.717, 1.165) is 12.1 Å². The Hall–Kier alpha value is -2.05. The maximum Gasteiger partial charge on any atom is 0.416 e. The van der Waals surface area contributed by atoms with Gasteiger partial charge in [-0.3, -0.25) is 9.59 Å². The molecule has 2 rings (SSSR count). The smallest absolute Gasteiger partial charge is 0.416 e. The Morgan fingerprint density at radius 1 is 1.39 bits per heavy atom. The van der Waals surface area contributed by atoms with Crippen molar-refractivity contribution in [2.24, 2.45) is 5.92 Å². The molecule has 1 aromatic carbocycles. The molecule has 2 unspecified atom stereocenters. The van der Waals surface area contributed by atoms with Gasteiger partial charge in [-0.25, -0.2) is 0 Å². The highest BCUT2D eigenvalue weighted by Gasteiger charge is 2.35. The molecule has 0 bridgehead atoms. The monoisotopic (exact) mass is 329 g/mol. The fraction of sp³-hybridized carbons (Fsp3) is 0.500. The topological polar surface area (TPSA) is 57.6 Å². The van der Waals surface area contributed by atoms with E-state index < -0.39 is 29.5 Å². The van der Waals surface area contributed by atoms with Crippen molar-refractivity contribution in [1.29, 1.82) is 0 Å². The summed E-state index contributed by atoms with van der Waals surface area (Å²) in [5, 5.41) is 8.99. The molecule has 1 aliphatic rings. The van der Waals surface area contributed by atoms with Crippen molar-refractivity contribution in [2.75, 3.05) is 13.1 Å². The zero-order valence-corrected chi connectivity index (χ0v) is 12.6. The highest BCUT2D eigenvalue weighted by atomic mass is 19.4. The quantitative estimate of drug-likeness (QED) is 0.923. The first kappa shape index (κ1) is 17.3. The second-order valence-electron chi connectivity index (χ2n) is 5.69. The Morgan fingerprint density at radius 2 is 2.09 bits per heavy atom. The van der Waals surface area contributed by atoms with Crippen LogP contribution in [0.3, 0.4) is 0 Å². The number of rotatable bonds is 4. The Bertz CT molecular complexity index is 600. The SMILES string of the molecule is CCC(C(=O)N1CCC(C(=O)O)C1)c1cccc(C(F)(F)F)c1. The van der Waals surface area contributed by atoms with Crippen LogP contribution in [0, 0.1) is 5.92 Å². The van der Waals surface area contributed by atoms with Gasteiger partial charge in [-0.2, -0.15) is 13.2 Å². The summed E-state index contributed by atoms with van der Waals surface area (Å²) in [5.74, 6) is -2.55. The van der Waals surface area contributed by atoms with Crippen LogP contribution in [0.2, 0.25) is 0 Å². The van der Waals surface area contributed by atoms with Crippen LogP contribution in [0.4, 0.5) is 13.2 Å². The number of carboxylic acid groups (broad SMARTS) is 1. The second-order valence-corrected chi connectivity index (χ2v) is 5.69. The van der Waals surface area contributed by atoms with Crippen molar-refractivity contribution in [3.8, 4) is 0 Å². The van der Waals surface area contributed by atoms with Crippen molar-refractivity contribution in [1.82, 2.24) is 4.90 Å². The lowest BCUT2D eigenvalue weighted by atomic mass is 9.93. The summed E-state index contributed by atoms with van der Waals surface area (Å²) in [5.41, 5.74) is -0.475. The zero-order chi connectivity index (χ0) is 17.2. The van der Waals surface area contributed by atoms with Gasteiger partial charge in [-0.05, 0) is 24.5 Å². The number of hydrogen-bond donors (Lipinski definition) is 1. The molecular weight excluding hydrogens is 311 g/mol. The van der Waals surface area contributed by atoms with Gasteiger partial charge in [0.15, 0.2) is 0 Å². The van der Waals surface area contributed by atoms with Gasteiger partial charge >= 0.3 is 12.1 Å². The lowest BCUT2D eigenvalue weighted by molar-refractivity contribution is -0.142. The van der Waals surface area contributed by atoms with E-state index in [1.54, 1.807) is 6.92 Å². The molecule has 0 aliphatic carbocycles. The van der Waals surface area contributed by atoms with Crippen molar-refractivity contribution < 1.29 is 27.9 Å². The number of aliphatic carboxylic acids is 1. The van der Waals surface area contributed by atoms with E-state index in [9.17, 15) is 22.8 Å². The zero-order valence-electron chi connectivity index (χ0n) is 12.6. The predicted octanol–water partition coefficient (Wildman–Crippen LogP) is 3.13. The Labute approximate surface area is 131 Å². The number of benzene rings is 1. The summed E-state index contributed by atoms with van der Waals surface area (Å²) < 4.78 is 38.5. The third kappa shape index (κ3) is 3.83. The van der Waals surface area contributed by atoms with Crippen molar-refractivity contribution in [3.05, 3.63) is 35.4 Å². The Morgan fingerprint density at radius 3 is 2.61 bits per heavy atom. The predicted molar refractivity (Wildman–Crippen MR) is 76.8 cm³/mol. The molecule has 4 nitrogen and oxygen atoms in total. The minimum absolute atomic E-state index is 0.115. The molecule has 0 saturated carbocycles. The van der Waals surface area contributed by atoms with Gasteiger partial charge in [0, 0.05) is 13.1 Å². The van der Waals surface area contributed by atoms with E-state index >= 15 is 0 Å². The lowest BCUT2D eigenvalue weighted by Gasteiger charge is -2.23. The number of likely N-dealkylation sites (tertiary alicyclic amines) is 1. The Balaban J connectivity index is 2.20. The van der Waals surface area contributed by atoms with Crippen molar-refractivity contribution >= 4 is 11.9 Å². The minimum Gasteiger partial charge on any atom is -0.481 e. The average Bonchev–Trinajstić information content (AvgIpc) is 2.97. The molecule has 23 heavy (non-hydrogen) atoms. The van der Waals surface area contributed by atoms with Crippen molar-refractivity contribution in [3.63, 3.8) is 0 Å². The molecule has 0 spiro atoms. The molecule has 1 amide bonds. The molecule has 1 saturated heterocycles. The van der Waals surface area contributed by atoms with Crippen LogP contribution in [0.1, 0.15) is 36.8 Å². The molecule has 0 radical (unpaired) electrons. The van der Waals surface area contributed by atoms with Gasteiger partial charge in [0.25, 0.3) is 0 Å². The molecule has 1 N–H and O–H groups in total. The molecule has 1 aliphatic heterocycles. The van der Waals surface area contributed by atoms with E-state index in [2.05, 4.69) is 0 Å². The molecule has 1 heterocycles. The standard InChI is InChI=1S/C16H18F3NO3/c1-2-13(10-4-3-5-12(8-10)16(17,18)19)14(21)20-7-6-11(9-20)15(22)23/h3-5,8,11,13H,2,6-7,9H2,1H3,(H,22,23). The summed E-state index contributed by atoms with van der Waals surface area (Å²) >= 11 is 0. The van der Waals surface area contributed by atoms with Gasteiger partial charge in [-0.1, -0.05) is 25.1 Å². The maximum atomic E-state index is 12.8. The molecule has 126 valence electrons. The first-order chi connectivity index (χ1) is 10.7. The first-order valence-corrected chi connectivity index (χ1v) is 7.42. The largest absolute Gasteiger partial charge is 0.481 e. The van der Waals surface area contributed by atoms with Gasteiger partial charge in [0.05, 0.1) is 17.4 Å². The van der Waals surface area contributed by atoms with Gasteiger partial charge in [-0.15, -0.1) is 0 Å². The third-order valence-corrected chi connectivity index (χ3v) is 4.17. The number of alkyl halides is 3. The minimum atomic E-state index is -4.46. The van der Waals surface area contributed by atoms with Crippen LogP contribution < -0.4 is 0 Å². The summed E-state index contributed by atoms with van der Waals surface area (Å²) in [6, 6.07) is 4.76. The highest BCUT2D eigenvalue weighted by molar-refractivity contribution is 5.85. The second kappa shape index (κ2) is 6.60. The van der Waals surface area contributed by atoms with Crippen LogP contribution >= 0.6 is 0 Å². The lowest BCUT2D eigenvalue weighted by Crippen LogP contribution is -2.34. The summed E-state index contributed by atoms with van der Waals surface area (Å²) in [6.45, 7) is 2.17. The summed E-state index contributed by atoms with van der Waals surface area (Å²) in [4.78, 5) is 25.0. The molecule has 1 aromatic rings. The van der Waals surface area contributed by atoms with Gasteiger partial charge in [0.1, 0.15) is 0 Å². The molecule has 0 aromatic heterocycles. The summed E-state index contributed by atoms with van der Waals surface area (Å²) in [7, 11) is 0. The molecule has 1 fully saturated rings. The fourth-order valence-electron chi connectivity index (χ4n) is 2.87. The number of hydrogen-bond acceptors (Lipinski definition) is 2. The third-order valence-electron chi connectivity index (χ3n) is 4.17. The van der Waals surface area contributed by atoms with Crippen LogP contribution in [-0.4, -0.2) is 35.0 Å². The number of carbonyl (C=O) groups excluding carboxylic acids is 1. The number of carboxylic acids is 1. The van der Waals surface area contributed by atoms with Gasteiger partial charge < -0.3 is 10.0 Å². The molecular formula is C16H18F3NO3. The average molecular weight is 329 g/mol. The Kier molecular flexibility index (Phi) is 4.97. The van der Waals surface area contributed by atoms with E-state index in [-0.39, 0.29) is 12.5 Å². The van der Waals surface area contributed by atoms with Crippen LogP contribution in [0.15, 0.2) is 24.3 Å².